The Morgan fingerprint density at radius 1 is 1.32 bits per heavy atom. The predicted octanol–water partition coefficient (Wildman–Crippen LogP) is 3.25. The van der Waals surface area contributed by atoms with Crippen molar-refractivity contribution < 1.29 is 31.1 Å². The first-order chi connectivity index (χ1) is 11.8. The van der Waals surface area contributed by atoms with Crippen LogP contribution in [0, 0.1) is 5.82 Å². The van der Waals surface area contributed by atoms with Crippen molar-refractivity contribution in [2.24, 2.45) is 0 Å². The van der Waals surface area contributed by atoms with Gasteiger partial charge in [0.15, 0.2) is 17.1 Å². The first-order valence-electron chi connectivity index (χ1n) is 6.97. The summed E-state index contributed by atoms with van der Waals surface area (Å²) >= 11 is 0. The summed E-state index contributed by atoms with van der Waals surface area (Å²) < 4.78 is 54.3. The van der Waals surface area contributed by atoms with Gasteiger partial charge in [-0.15, -0.1) is 6.58 Å². The van der Waals surface area contributed by atoms with Crippen molar-refractivity contribution in [1.82, 2.24) is 4.98 Å². The number of benzene rings is 2. The number of nitrogens with zero attached hydrogens (tertiary/aromatic N) is 1. The van der Waals surface area contributed by atoms with Crippen LogP contribution in [0.5, 0.6) is 11.5 Å². The summed E-state index contributed by atoms with van der Waals surface area (Å²) in [4.78, 5) is 4.18. The van der Waals surface area contributed by atoms with Gasteiger partial charge in [-0.05, 0) is 30.7 Å². The third kappa shape index (κ3) is 3.62. The van der Waals surface area contributed by atoms with E-state index in [9.17, 15) is 17.9 Å². The lowest BCUT2D eigenvalue weighted by molar-refractivity contribution is 0.387. The smallest absolute Gasteiger partial charge is 0.446 e. The summed E-state index contributed by atoms with van der Waals surface area (Å²) in [6.07, 6.45) is 1.88. The second kappa shape index (κ2) is 6.19. The molecular weight excluding hydrogens is 353 g/mol. The number of hydrogen-bond donors (Lipinski definition) is 2. The predicted molar refractivity (Wildman–Crippen MR) is 87.1 cm³/mol. The van der Waals surface area contributed by atoms with Crippen LogP contribution in [0.25, 0.3) is 22.6 Å². The fraction of sp³-hybridized carbons (Fsp3) is 0.0625. The molecule has 0 saturated heterocycles. The average Bonchev–Trinajstić information content (AvgIpc) is 2.93. The maximum atomic E-state index is 13.5. The molecule has 1 aromatic heterocycles. The first-order valence-corrected chi connectivity index (χ1v) is 8.33. The van der Waals surface area contributed by atoms with Crippen molar-refractivity contribution in [3.63, 3.8) is 0 Å². The molecule has 0 aliphatic rings. The zero-order chi connectivity index (χ0) is 18.2. The molecule has 3 aromatic rings. The van der Waals surface area contributed by atoms with E-state index in [1.165, 1.54) is 18.2 Å². The van der Waals surface area contributed by atoms with E-state index in [0.717, 1.165) is 12.1 Å². The minimum absolute atomic E-state index is 0.0724. The van der Waals surface area contributed by atoms with Crippen molar-refractivity contribution in [2.75, 3.05) is 0 Å². The lowest BCUT2D eigenvalue weighted by Gasteiger charge is -2.04. The van der Waals surface area contributed by atoms with E-state index in [-0.39, 0.29) is 22.7 Å². The highest BCUT2D eigenvalue weighted by molar-refractivity contribution is 7.81. The SMILES string of the molecule is C=CCc1cc(OS(=O)(=O)O)cc2nc(-c3ccc(O)c(F)c3)oc12. The van der Waals surface area contributed by atoms with Gasteiger partial charge in [0, 0.05) is 17.2 Å². The van der Waals surface area contributed by atoms with Crippen LogP contribution in [0.1, 0.15) is 5.56 Å². The summed E-state index contributed by atoms with van der Waals surface area (Å²) in [6.45, 7) is 3.61. The van der Waals surface area contributed by atoms with Gasteiger partial charge < -0.3 is 13.7 Å². The lowest BCUT2D eigenvalue weighted by Crippen LogP contribution is -2.06. The number of phenols is 1. The molecule has 0 atom stereocenters. The first kappa shape index (κ1) is 16.9. The van der Waals surface area contributed by atoms with E-state index < -0.39 is 22.0 Å². The minimum atomic E-state index is -4.69. The van der Waals surface area contributed by atoms with Gasteiger partial charge in [-0.1, -0.05) is 6.08 Å². The van der Waals surface area contributed by atoms with Gasteiger partial charge in [-0.2, -0.15) is 8.42 Å². The number of rotatable bonds is 5. The maximum Gasteiger partial charge on any atom is 0.446 e. The Morgan fingerprint density at radius 3 is 2.72 bits per heavy atom. The summed E-state index contributed by atoms with van der Waals surface area (Å²) in [5.74, 6) is -1.41. The van der Waals surface area contributed by atoms with Crippen molar-refractivity contribution in [1.29, 1.82) is 0 Å². The normalized spacial score (nSPS) is 11.6. The number of halogens is 1. The number of aromatic nitrogens is 1. The van der Waals surface area contributed by atoms with Gasteiger partial charge >= 0.3 is 10.4 Å². The molecule has 25 heavy (non-hydrogen) atoms. The highest BCUT2D eigenvalue weighted by Gasteiger charge is 2.17. The average molecular weight is 365 g/mol. The molecule has 1 heterocycles. The number of oxazole rings is 1. The molecule has 0 unspecified atom stereocenters. The summed E-state index contributed by atoms with van der Waals surface area (Å²) in [6, 6.07) is 6.27. The highest BCUT2D eigenvalue weighted by atomic mass is 32.3. The van der Waals surface area contributed by atoms with Crippen molar-refractivity contribution in [3.05, 3.63) is 54.4 Å². The molecule has 3 rings (SSSR count). The number of aromatic hydroxyl groups is 1. The van der Waals surface area contributed by atoms with Crippen LogP contribution >= 0.6 is 0 Å². The third-order valence-corrected chi connectivity index (χ3v) is 3.70. The zero-order valence-corrected chi connectivity index (χ0v) is 13.5. The molecule has 0 fully saturated rings. The highest BCUT2D eigenvalue weighted by Crippen LogP contribution is 2.32. The summed E-state index contributed by atoms with van der Waals surface area (Å²) in [5, 5.41) is 9.25. The fourth-order valence-corrected chi connectivity index (χ4v) is 2.65. The van der Waals surface area contributed by atoms with E-state index in [1.54, 1.807) is 6.08 Å². The maximum absolute atomic E-state index is 13.5. The van der Waals surface area contributed by atoms with Gasteiger partial charge in [0.2, 0.25) is 5.89 Å². The number of allylic oxidation sites excluding steroid dienone is 1. The van der Waals surface area contributed by atoms with E-state index in [4.69, 9.17) is 8.97 Å². The van der Waals surface area contributed by atoms with Gasteiger partial charge in [0.1, 0.15) is 11.3 Å². The molecule has 0 saturated carbocycles. The second-order valence-corrected chi connectivity index (χ2v) is 6.14. The van der Waals surface area contributed by atoms with Crippen LogP contribution in [-0.2, 0) is 16.8 Å². The number of phenolic OH excluding ortho intramolecular Hbond substituents is 1. The van der Waals surface area contributed by atoms with Crippen molar-refractivity contribution in [3.8, 4) is 23.0 Å². The molecule has 0 radical (unpaired) electrons. The van der Waals surface area contributed by atoms with Gasteiger partial charge in [-0.25, -0.2) is 9.37 Å². The standard InChI is InChI=1S/C16H12FNO6S/c1-2-3-9-6-11(24-25(20,21)22)8-13-15(9)23-16(18-13)10-4-5-14(19)12(17)7-10/h2,4-8,19H,1,3H2,(H,20,21,22). The molecule has 0 aliphatic heterocycles. The van der Waals surface area contributed by atoms with Gasteiger partial charge in [0.25, 0.3) is 0 Å². The molecule has 7 nitrogen and oxygen atoms in total. The Labute approximate surface area is 142 Å². The van der Waals surface area contributed by atoms with Crippen LogP contribution in [0.3, 0.4) is 0 Å². The topological polar surface area (TPSA) is 110 Å². The number of hydrogen-bond acceptors (Lipinski definition) is 6. The van der Waals surface area contributed by atoms with Crippen molar-refractivity contribution in [2.45, 2.75) is 6.42 Å². The molecule has 130 valence electrons. The second-order valence-electron chi connectivity index (χ2n) is 5.12. The van der Waals surface area contributed by atoms with Gasteiger partial charge in [0.05, 0.1) is 0 Å². The van der Waals surface area contributed by atoms with E-state index >= 15 is 0 Å². The molecule has 2 N–H and O–H groups in total. The summed E-state index contributed by atoms with van der Waals surface area (Å²) in [5.41, 5.74) is 1.39. The Balaban J connectivity index is 2.16. The Morgan fingerprint density at radius 2 is 2.08 bits per heavy atom. The largest absolute Gasteiger partial charge is 0.505 e. The van der Waals surface area contributed by atoms with Crippen LogP contribution in [0.15, 0.2) is 47.4 Å². The molecule has 0 amide bonds. The Kier molecular flexibility index (Phi) is 4.19. The van der Waals surface area contributed by atoms with Crippen LogP contribution in [-0.4, -0.2) is 23.1 Å². The molecule has 2 aromatic carbocycles. The Hall–Kier alpha value is -2.91. The van der Waals surface area contributed by atoms with E-state index in [0.29, 0.717) is 17.6 Å². The lowest BCUT2D eigenvalue weighted by atomic mass is 10.1. The fourth-order valence-electron chi connectivity index (χ4n) is 2.31. The Bertz CT molecular complexity index is 1070. The van der Waals surface area contributed by atoms with Crippen LogP contribution < -0.4 is 4.18 Å². The third-order valence-electron chi connectivity index (χ3n) is 3.30. The monoisotopic (exact) mass is 365 g/mol. The van der Waals surface area contributed by atoms with Crippen LogP contribution in [0.2, 0.25) is 0 Å². The van der Waals surface area contributed by atoms with Crippen molar-refractivity contribution >= 4 is 21.5 Å². The molecule has 0 aliphatic carbocycles. The quantitative estimate of drug-likeness (QED) is 0.527. The molecule has 9 heteroatoms. The van der Waals surface area contributed by atoms with Gasteiger partial charge in [-0.3, -0.25) is 4.55 Å². The molecular formula is C16H12FNO6S. The van der Waals surface area contributed by atoms with Crippen LogP contribution in [0.4, 0.5) is 4.39 Å². The molecule has 0 bridgehead atoms. The number of fused-ring (bicyclic) bond motifs is 1. The summed E-state index contributed by atoms with van der Waals surface area (Å²) in [7, 11) is -4.69. The molecule has 0 spiro atoms. The zero-order valence-electron chi connectivity index (χ0n) is 12.6. The van der Waals surface area contributed by atoms with E-state index in [1.807, 2.05) is 0 Å². The minimum Gasteiger partial charge on any atom is -0.505 e. The van der Waals surface area contributed by atoms with E-state index in [2.05, 4.69) is 15.7 Å².